The molecule has 0 aliphatic rings. The van der Waals surface area contributed by atoms with E-state index in [9.17, 15) is 9.59 Å². The fourth-order valence-electron chi connectivity index (χ4n) is 2.69. The Bertz CT molecular complexity index is 866. The summed E-state index contributed by atoms with van der Waals surface area (Å²) in [6.07, 6.45) is 1.88. The molecule has 1 amide bonds. The van der Waals surface area contributed by atoms with Crippen molar-refractivity contribution in [3.8, 4) is 11.5 Å². The molecule has 0 saturated carbocycles. The number of amides is 1. The van der Waals surface area contributed by atoms with E-state index in [0.29, 0.717) is 23.7 Å². The van der Waals surface area contributed by atoms with E-state index in [1.54, 1.807) is 30.8 Å². The van der Waals surface area contributed by atoms with Crippen molar-refractivity contribution in [2.45, 2.75) is 39.8 Å². The minimum atomic E-state index is -0.670. The van der Waals surface area contributed by atoms with Crippen molar-refractivity contribution in [1.29, 1.82) is 0 Å². The standard InChI is InChI=1S/C20H26ClN3O5/c1-5-6-9-24-19(21)18(13(2)23-24)20(26)29-12-17(25)22-11-14-7-8-15(27-3)16(10-14)28-4/h7-8,10H,5-6,9,11-12H2,1-4H3,(H,22,25). The molecule has 8 nitrogen and oxygen atoms in total. The topological polar surface area (TPSA) is 91.7 Å². The zero-order valence-electron chi connectivity index (χ0n) is 17.1. The molecule has 1 aromatic heterocycles. The molecule has 9 heteroatoms. The number of carbonyl (C=O) groups is 2. The summed E-state index contributed by atoms with van der Waals surface area (Å²) in [6.45, 7) is 4.20. The minimum Gasteiger partial charge on any atom is -0.493 e. The van der Waals surface area contributed by atoms with Gasteiger partial charge in [0.05, 0.1) is 19.9 Å². The van der Waals surface area contributed by atoms with Crippen molar-refractivity contribution >= 4 is 23.5 Å². The molecule has 0 atom stereocenters. The highest BCUT2D eigenvalue weighted by Gasteiger charge is 2.22. The van der Waals surface area contributed by atoms with Crippen LogP contribution in [0.15, 0.2) is 18.2 Å². The number of benzene rings is 1. The van der Waals surface area contributed by atoms with Crippen LogP contribution in [-0.2, 0) is 22.6 Å². The van der Waals surface area contributed by atoms with E-state index in [0.717, 1.165) is 18.4 Å². The lowest BCUT2D eigenvalue weighted by Gasteiger charge is -2.10. The second-order valence-corrected chi connectivity index (χ2v) is 6.73. The van der Waals surface area contributed by atoms with Crippen LogP contribution in [0.5, 0.6) is 11.5 Å². The van der Waals surface area contributed by atoms with Gasteiger partial charge in [-0.05, 0) is 31.0 Å². The Balaban J connectivity index is 1.89. The zero-order chi connectivity index (χ0) is 21.4. The lowest BCUT2D eigenvalue weighted by atomic mass is 10.2. The zero-order valence-corrected chi connectivity index (χ0v) is 17.8. The number of halogens is 1. The van der Waals surface area contributed by atoms with Crippen LogP contribution in [0.3, 0.4) is 0 Å². The minimum absolute atomic E-state index is 0.190. The molecule has 2 rings (SSSR count). The summed E-state index contributed by atoms with van der Waals surface area (Å²) in [7, 11) is 3.09. The summed E-state index contributed by atoms with van der Waals surface area (Å²) in [5, 5.41) is 7.18. The highest BCUT2D eigenvalue weighted by molar-refractivity contribution is 6.32. The number of aromatic nitrogens is 2. The first-order valence-electron chi connectivity index (χ1n) is 9.28. The van der Waals surface area contributed by atoms with Gasteiger partial charge in [0, 0.05) is 13.1 Å². The Morgan fingerprint density at radius 1 is 1.21 bits per heavy atom. The van der Waals surface area contributed by atoms with Gasteiger partial charge in [-0.2, -0.15) is 5.10 Å². The Morgan fingerprint density at radius 3 is 2.59 bits per heavy atom. The molecule has 29 heavy (non-hydrogen) atoms. The number of esters is 1. The van der Waals surface area contributed by atoms with Crippen molar-refractivity contribution in [3.05, 3.63) is 40.2 Å². The van der Waals surface area contributed by atoms with E-state index in [4.69, 9.17) is 25.8 Å². The van der Waals surface area contributed by atoms with Crippen molar-refractivity contribution in [3.63, 3.8) is 0 Å². The smallest absolute Gasteiger partial charge is 0.343 e. The lowest BCUT2D eigenvalue weighted by molar-refractivity contribution is -0.124. The fourth-order valence-corrected chi connectivity index (χ4v) is 3.02. The second kappa shape index (κ2) is 10.7. The van der Waals surface area contributed by atoms with Gasteiger partial charge in [0.1, 0.15) is 10.7 Å². The van der Waals surface area contributed by atoms with Crippen molar-refractivity contribution < 1.29 is 23.8 Å². The molecule has 0 fully saturated rings. The number of hydrogen-bond donors (Lipinski definition) is 1. The molecular weight excluding hydrogens is 398 g/mol. The molecule has 0 unspecified atom stereocenters. The van der Waals surface area contributed by atoms with Crippen LogP contribution in [0.4, 0.5) is 0 Å². The van der Waals surface area contributed by atoms with Gasteiger partial charge in [0.15, 0.2) is 18.1 Å². The molecule has 0 saturated heterocycles. The van der Waals surface area contributed by atoms with Gasteiger partial charge in [-0.1, -0.05) is 31.0 Å². The quantitative estimate of drug-likeness (QED) is 0.590. The molecule has 0 aliphatic heterocycles. The fraction of sp³-hybridized carbons (Fsp3) is 0.450. The van der Waals surface area contributed by atoms with E-state index in [1.807, 2.05) is 6.07 Å². The van der Waals surface area contributed by atoms with E-state index in [2.05, 4.69) is 17.3 Å². The summed E-state index contributed by atoms with van der Waals surface area (Å²) in [4.78, 5) is 24.4. The predicted octanol–water partition coefficient (Wildman–Crippen LogP) is 3.14. The van der Waals surface area contributed by atoms with Crippen LogP contribution < -0.4 is 14.8 Å². The van der Waals surface area contributed by atoms with Gasteiger partial charge in [0.2, 0.25) is 0 Å². The monoisotopic (exact) mass is 423 g/mol. The molecule has 1 aromatic carbocycles. The Morgan fingerprint density at radius 2 is 1.93 bits per heavy atom. The number of unbranched alkanes of at least 4 members (excludes halogenated alkanes) is 1. The molecule has 1 heterocycles. The average molecular weight is 424 g/mol. The number of ether oxygens (including phenoxy) is 3. The Labute approximate surface area is 175 Å². The third-order valence-electron chi connectivity index (χ3n) is 4.27. The SMILES string of the molecule is CCCCn1nc(C)c(C(=O)OCC(=O)NCc2ccc(OC)c(OC)c2)c1Cl. The van der Waals surface area contributed by atoms with Gasteiger partial charge < -0.3 is 19.5 Å². The van der Waals surface area contributed by atoms with Gasteiger partial charge in [-0.25, -0.2) is 4.79 Å². The lowest BCUT2D eigenvalue weighted by Crippen LogP contribution is -2.28. The maximum atomic E-state index is 12.3. The summed E-state index contributed by atoms with van der Waals surface area (Å²) in [6, 6.07) is 5.32. The van der Waals surface area contributed by atoms with Gasteiger partial charge in [-0.3, -0.25) is 9.48 Å². The van der Waals surface area contributed by atoms with Crippen molar-refractivity contribution in [2.75, 3.05) is 20.8 Å². The maximum absolute atomic E-state index is 12.3. The third kappa shape index (κ3) is 5.87. The number of hydrogen-bond acceptors (Lipinski definition) is 6. The highest BCUT2D eigenvalue weighted by atomic mass is 35.5. The summed E-state index contributed by atoms with van der Waals surface area (Å²) >= 11 is 6.25. The molecule has 0 bridgehead atoms. The third-order valence-corrected chi connectivity index (χ3v) is 4.65. The molecule has 2 aromatic rings. The number of rotatable bonds is 10. The molecular formula is C20H26ClN3O5. The van der Waals surface area contributed by atoms with Gasteiger partial charge >= 0.3 is 5.97 Å². The van der Waals surface area contributed by atoms with Crippen LogP contribution >= 0.6 is 11.6 Å². The summed E-state index contributed by atoms with van der Waals surface area (Å²) < 4.78 is 17.1. The summed E-state index contributed by atoms with van der Waals surface area (Å²) in [5.74, 6) is 0.0657. The number of nitrogens with one attached hydrogen (secondary N) is 1. The van der Waals surface area contributed by atoms with E-state index in [-0.39, 0.29) is 17.3 Å². The average Bonchev–Trinajstić information content (AvgIpc) is 3.01. The van der Waals surface area contributed by atoms with E-state index < -0.39 is 18.5 Å². The number of aryl methyl sites for hydroxylation is 2. The molecule has 0 radical (unpaired) electrons. The predicted molar refractivity (Wildman–Crippen MR) is 109 cm³/mol. The van der Waals surface area contributed by atoms with Gasteiger partial charge in [-0.15, -0.1) is 0 Å². The first-order chi connectivity index (χ1) is 13.9. The highest BCUT2D eigenvalue weighted by Crippen LogP contribution is 2.27. The first-order valence-corrected chi connectivity index (χ1v) is 9.66. The molecule has 0 aliphatic carbocycles. The van der Waals surface area contributed by atoms with Crippen LogP contribution in [0, 0.1) is 6.92 Å². The normalized spacial score (nSPS) is 10.5. The second-order valence-electron chi connectivity index (χ2n) is 6.37. The van der Waals surface area contributed by atoms with Crippen LogP contribution in [-0.4, -0.2) is 42.5 Å². The van der Waals surface area contributed by atoms with Crippen molar-refractivity contribution in [2.24, 2.45) is 0 Å². The number of methoxy groups -OCH3 is 2. The maximum Gasteiger partial charge on any atom is 0.343 e. The van der Waals surface area contributed by atoms with Crippen LogP contribution in [0.2, 0.25) is 5.15 Å². The van der Waals surface area contributed by atoms with E-state index in [1.165, 1.54) is 7.11 Å². The largest absolute Gasteiger partial charge is 0.493 e. The van der Waals surface area contributed by atoms with Crippen LogP contribution in [0.25, 0.3) is 0 Å². The Kier molecular flexibility index (Phi) is 8.33. The van der Waals surface area contributed by atoms with Gasteiger partial charge in [0.25, 0.3) is 5.91 Å². The molecule has 158 valence electrons. The van der Waals surface area contributed by atoms with Crippen molar-refractivity contribution in [1.82, 2.24) is 15.1 Å². The molecule has 0 spiro atoms. The number of nitrogens with zero attached hydrogens (tertiary/aromatic N) is 2. The van der Waals surface area contributed by atoms with Crippen LogP contribution in [0.1, 0.15) is 41.4 Å². The van der Waals surface area contributed by atoms with E-state index >= 15 is 0 Å². The molecule has 1 N–H and O–H groups in total. The first kappa shape index (κ1) is 22.5. The Hall–Kier alpha value is -2.74. The number of carbonyl (C=O) groups excluding carboxylic acids is 2. The summed E-state index contributed by atoms with van der Waals surface area (Å²) in [5.41, 5.74) is 1.48.